The summed E-state index contributed by atoms with van der Waals surface area (Å²) in [5.74, 6) is -0.968. The summed E-state index contributed by atoms with van der Waals surface area (Å²) in [5.41, 5.74) is 5.58. The standard InChI is InChI=1S/C13H12FN3O3S/c1-20-10-4-5-21-11(10)13(18)16-7-2-3-9(14)8(6-7)12(15)17-19/h2-6,19H,1H3,(H2,15,17)(H,16,18). The summed E-state index contributed by atoms with van der Waals surface area (Å²) < 4.78 is 18.6. The van der Waals surface area contributed by atoms with Gasteiger partial charge in [0.15, 0.2) is 5.84 Å². The number of hydrogen-bond acceptors (Lipinski definition) is 5. The van der Waals surface area contributed by atoms with E-state index in [-0.39, 0.29) is 17.3 Å². The number of methoxy groups -OCH3 is 1. The second-order valence-electron chi connectivity index (χ2n) is 3.95. The van der Waals surface area contributed by atoms with Gasteiger partial charge >= 0.3 is 0 Å². The van der Waals surface area contributed by atoms with Crippen LogP contribution in [0.25, 0.3) is 0 Å². The van der Waals surface area contributed by atoms with Crippen molar-refractivity contribution in [2.75, 3.05) is 12.4 Å². The van der Waals surface area contributed by atoms with E-state index in [4.69, 9.17) is 15.7 Å². The topological polar surface area (TPSA) is 96.9 Å². The van der Waals surface area contributed by atoms with Crippen LogP contribution in [-0.4, -0.2) is 24.1 Å². The van der Waals surface area contributed by atoms with Crippen LogP contribution in [0.4, 0.5) is 10.1 Å². The van der Waals surface area contributed by atoms with Crippen molar-refractivity contribution < 1.29 is 19.1 Å². The summed E-state index contributed by atoms with van der Waals surface area (Å²) in [6.45, 7) is 0. The highest BCUT2D eigenvalue weighted by atomic mass is 32.1. The molecule has 0 unspecified atom stereocenters. The molecule has 2 rings (SSSR count). The lowest BCUT2D eigenvalue weighted by Crippen LogP contribution is -2.17. The van der Waals surface area contributed by atoms with Crippen LogP contribution in [0.1, 0.15) is 15.2 Å². The smallest absolute Gasteiger partial charge is 0.269 e. The molecule has 2 aromatic rings. The van der Waals surface area contributed by atoms with Gasteiger partial charge in [-0.25, -0.2) is 4.39 Å². The lowest BCUT2D eigenvalue weighted by atomic mass is 10.1. The van der Waals surface area contributed by atoms with Gasteiger partial charge in [0.1, 0.15) is 16.4 Å². The number of anilines is 1. The number of benzene rings is 1. The first-order valence-corrected chi connectivity index (χ1v) is 6.65. The number of amides is 1. The molecule has 0 atom stereocenters. The molecule has 1 heterocycles. The van der Waals surface area contributed by atoms with Crippen molar-refractivity contribution in [3.63, 3.8) is 0 Å². The predicted octanol–water partition coefficient (Wildman–Crippen LogP) is 2.24. The number of thiophene rings is 1. The van der Waals surface area contributed by atoms with Crippen molar-refractivity contribution in [2.45, 2.75) is 0 Å². The fraction of sp³-hybridized carbons (Fsp3) is 0.0769. The average molecular weight is 309 g/mol. The van der Waals surface area contributed by atoms with Gasteiger partial charge in [0.2, 0.25) is 0 Å². The van der Waals surface area contributed by atoms with E-state index in [1.54, 1.807) is 11.4 Å². The zero-order valence-electron chi connectivity index (χ0n) is 11.0. The van der Waals surface area contributed by atoms with Crippen LogP contribution < -0.4 is 15.8 Å². The first-order valence-electron chi connectivity index (χ1n) is 5.77. The van der Waals surface area contributed by atoms with E-state index >= 15 is 0 Å². The highest BCUT2D eigenvalue weighted by molar-refractivity contribution is 7.12. The minimum absolute atomic E-state index is 0.103. The molecule has 1 amide bonds. The monoisotopic (exact) mass is 309 g/mol. The molecule has 0 saturated carbocycles. The summed E-state index contributed by atoms with van der Waals surface area (Å²) in [4.78, 5) is 12.5. The van der Waals surface area contributed by atoms with E-state index in [0.717, 1.165) is 6.07 Å². The van der Waals surface area contributed by atoms with Crippen molar-refractivity contribution in [3.8, 4) is 5.75 Å². The third kappa shape index (κ3) is 3.11. The van der Waals surface area contributed by atoms with Crippen molar-refractivity contribution >= 4 is 28.8 Å². The Balaban J connectivity index is 2.26. The number of oxime groups is 1. The van der Waals surface area contributed by atoms with Crippen LogP contribution in [0, 0.1) is 5.82 Å². The van der Waals surface area contributed by atoms with Gasteiger partial charge in [-0.15, -0.1) is 11.3 Å². The SMILES string of the molecule is COc1ccsc1C(=O)Nc1ccc(F)c(/C(N)=N/O)c1. The van der Waals surface area contributed by atoms with Gasteiger partial charge in [-0.2, -0.15) is 0 Å². The van der Waals surface area contributed by atoms with E-state index < -0.39 is 5.82 Å². The molecule has 0 bridgehead atoms. The van der Waals surface area contributed by atoms with E-state index in [1.807, 2.05) is 0 Å². The second-order valence-corrected chi connectivity index (χ2v) is 4.87. The normalized spacial score (nSPS) is 11.2. The lowest BCUT2D eigenvalue weighted by Gasteiger charge is -2.08. The van der Waals surface area contributed by atoms with Gasteiger partial charge in [-0.1, -0.05) is 5.16 Å². The van der Waals surface area contributed by atoms with Crippen LogP contribution in [-0.2, 0) is 0 Å². The van der Waals surface area contributed by atoms with Gasteiger partial charge in [-0.05, 0) is 29.6 Å². The Morgan fingerprint density at radius 2 is 2.24 bits per heavy atom. The van der Waals surface area contributed by atoms with Crippen molar-refractivity contribution in [3.05, 3.63) is 45.9 Å². The zero-order chi connectivity index (χ0) is 15.4. The quantitative estimate of drug-likeness (QED) is 0.349. The molecule has 110 valence electrons. The van der Waals surface area contributed by atoms with Gasteiger partial charge in [0.25, 0.3) is 5.91 Å². The fourth-order valence-corrected chi connectivity index (χ4v) is 2.42. The van der Waals surface area contributed by atoms with Gasteiger partial charge < -0.3 is 21.0 Å². The van der Waals surface area contributed by atoms with Crippen molar-refractivity contribution in [1.82, 2.24) is 0 Å². The largest absolute Gasteiger partial charge is 0.495 e. The van der Waals surface area contributed by atoms with E-state index in [9.17, 15) is 9.18 Å². The van der Waals surface area contributed by atoms with Crippen LogP contribution in [0.15, 0.2) is 34.8 Å². The molecule has 1 aromatic carbocycles. The number of nitrogens with two attached hydrogens (primary N) is 1. The molecule has 0 aliphatic carbocycles. The summed E-state index contributed by atoms with van der Waals surface area (Å²) in [6.07, 6.45) is 0. The number of carbonyl (C=O) groups excluding carboxylic acids is 1. The number of nitrogens with zero attached hydrogens (tertiary/aromatic N) is 1. The molecule has 0 fully saturated rings. The van der Waals surface area contributed by atoms with Gasteiger partial charge in [0, 0.05) is 5.69 Å². The third-order valence-corrected chi connectivity index (χ3v) is 3.56. The first-order chi connectivity index (χ1) is 10.1. The third-order valence-electron chi connectivity index (χ3n) is 2.66. The van der Waals surface area contributed by atoms with Crippen LogP contribution in [0.3, 0.4) is 0 Å². The number of carbonyl (C=O) groups is 1. The molecule has 0 aliphatic heterocycles. The summed E-state index contributed by atoms with van der Waals surface area (Å²) >= 11 is 1.22. The Bertz CT molecular complexity index is 700. The maximum absolute atomic E-state index is 13.5. The van der Waals surface area contributed by atoms with E-state index in [0.29, 0.717) is 16.3 Å². The Morgan fingerprint density at radius 1 is 1.48 bits per heavy atom. The Labute approximate surface area is 123 Å². The fourth-order valence-electron chi connectivity index (χ4n) is 1.66. The molecule has 8 heteroatoms. The van der Waals surface area contributed by atoms with Crippen LogP contribution in [0.2, 0.25) is 0 Å². The first kappa shape index (κ1) is 14.8. The number of ether oxygens (including phenoxy) is 1. The Morgan fingerprint density at radius 3 is 2.90 bits per heavy atom. The zero-order valence-corrected chi connectivity index (χ0v) is 11.8. The van der Waals surface area contributed by atoms with Gasteiger partial charge in [-0.3, -0.25) is 4.79 Å². The molecular formula is C13H12FN3O3S. The molecule has 0 saturated heterocycles. The summed E-state index contributed by atoms with van der Waals surface area (Å²) in [5, 5.41) is 15.7. The predicted molar refractivity (Wildman–Crippen MR) is 77.7 cm³/mol. The number of nitrogens with one attached hydrogen (secondary N) is 1. The van der Waals surface area contributed by atoms with Crippen LogP contribution >= 0.6 is 11.3 Å². The Kier molecular flexibility index (Phi) is 4.39. The number of rotatable bonds is 4. The average Bonchev–Trinajstić information content (AvgIpc) is 2.97. The van der Waals surface area contributed by atoms with Gasteiger partial charge in [0.05, 0.1) is 12.7 Å². The minimum Gasteiger partial charge on any atom is -0.495 e. The molecule has 4 N–H and O–H groups in total. The molecule has 0 spiro atoms. The minimum atomic E-state index is -0.656. The van der Waals surface area contributed by atoms with E-state index in [1.165, 1.54) is 30.6 Å². The maximum Gasteiger partial charge on any atom is 0.269 e. The Hall–Kier alpha value is -2.61. The van der Waals surface area contributed by atoms with E-state index in [2.05, 4.69) is 10.5 Å². The summed E-state index contributed by atoms with van der Waals surface area (Å²) in [7, 11) is 1.47. The molecule has 21 heavy (non-hydrogen) atoms. The van der Waals surface area contributed by atoms with Crippen molar-refractivity contribution in [2.24, 2.45) is 10.9 Å². The lowest BCUT2D eigenvalue weighted by molar-refractivity contribution is 0.102. The number of hydrogen-bond donors (Lipinski definition) is 3. The highest BCUT2D eigenvalue weighted by Gasteiger charge is 2.15. The van der Waals surface area contributed by atoms with Crippen LogP contribution in [0.5, 0.6) is 5.75 Å². The number of amidine groups is 1. The van der Waals surface area contributed by atoms with Crippen molar-refractivity contribution in [1.29, 1.82) is 0 Å². The molecule has 6 nitrogen and oxygen atoms in total. The number of halogens is 1. The molecule has 0 radical (unpaired) electrons. The molecule has 1 aromatic heterocycles. The molecular weight excluding hydrogens is 297 g/mol. The maximum atomic E-state index is 13.5. The molecule has 0 aliphatic rings. The summed E-state index contributed by atoms with van der Waals surface area (Å²) in [6, 6.07) is 5.45. The second kappa shape index (κ2) is 6.23. The highest BCUT2D eigenvalue weighted by Crippen LogP contribution is 2.25.